The van der Waals surface area contributed by atoms with E-state index >= 15 is 0 Å². The quantitative estimate of drug-likeness (QED) is 0.623. The fourth-order valence-corrected chi connectivity index (χ4v) is 2.58. The van der Waals surface area contributed by atoms with Crippen molar-refractivity contribution in [2.75, 3.05) is 0 Å². The minimum absolute atomic E-state index is 0.207. The summed E-state index contributed by atoms with van der Waals surface area (Å²) in [4.78, 5) is 0. The molecule has 0 amide bonds. The Bertz CT molecular complexity index is 188. The molecular formula is C10H19NO. The molecule has 12 heavy (non-hydrogen) atoms. The van der Waals surface area contributed by atoms with Gasteiger partial charge in [0.15, 0.2) is 0 Å². The summed E-state index contributed by atoms with van der Waals surface area (Å²) in [6.45, 7) is 2.22. The van der Waals surface area contributed by atoms with E-state index in [-0.39, 0.29) is 5.54 Å². The van der Waals surface area contributed by atoms with Gasteiger partial charge in [-0.15, -0.1) is 0 Å². The Kier molecular flexibility index (Phi) is 1.74. The standard InChI is InChI=1S/C10H19NO/c1-8-3-2-4-10(12,7-8)9(11)5-6-9/h8,12H,2-7,11H2,1H3. The largest absolute Gasteiger partial charge is 0.388 e. The van der Waals surface area contributed by atoms with Crippen molar-refractivity contribution in [2.45, 2.75) is 56.6 Å². The van der Waals surface area contributed by atoms with Crippen molar-refractivity contribution in [2.24, 2.45) is 11.7 Å². The fourth-order valence-electron chi connectivity index (χ4n) is 2.58. The van der Waals surface area contributed by atoms with Crippen molar-refractivity contribution in [3.63, 3.8) is 0 Å². The molecule has 0 radical (unpaired) electrons. The molecule has 0 aliphatic heterocycles. The van der Waals surface area contributed by atoms with Crippen molar-refractivity contribution >= 4 is 0 Å². The molecule has 2 saturated carbocycles. The summed E-state index contributed by atoms with van der Waals surface area (Å²) in [7, 11) is 0. The number of nitrogens with two attached hydrogens (primary N) is 1. The number of hydrogen-bond acceptors (Lipinski definition) is 2. The Labute approximate surface area is 74.1 Å². The van der Waals surface area contributed by atoms with Gasteiger partial charge in [-0.3, -0.25) is 0 Å². The smallest absolute Gasteiger partial charge is 0.0828 e. The number of aliphatic hydroxyl groups is 1. The minimum Gasteiger partial charge on any atom is -0.388 e. The third-order valence-corrected chi connectivity index (χ3v) is 3.69. The first-order valence-corrected chi connectivity index (χ1v) is 5.07. The van der Waals surface area contributed by atoms with Crippen LogP contribution in [0.4, 0.5) is 0 Å². The van der Waals surface area contributed by atoms with Crippen LogP contribution in [-0.4, -0.2) is 16.2 Å². The highest BCUT2D eigenvalue weighted by atomic mass is 16.3. The predicted octanol–water partition coefficient (Wildman–Crippen LogP) is 1.42. The zero-order valence-corrected chi connectivity index (χ0v) is 7.84. The van der Waals surface area contributed by atoms with Crippen molar-refractivity contribution in [1.82, 2.24) is 0 Å². The molecule has 2 unspecified atom stereocenters. The Balaban J connectivity index is 2.08. The van der Waals surface area contributed by atoms with E-state index in [1.807, 2.05) is 0 Å². The Morgan fingerprint density at radius 1 is 1.33 bits per heavy atom. The lowest BCUT2D eigenvalue weighted by Crippen LogP contribution is -2.52. The molecule has 0 bridgehead atoms. The molecule has 0 aromatic carbocycles. The molecule has 2 aliphatic rings. The molecule has 2 aliphatic carbocycles. The van der Waals surface area contributed by atoms with Gasteiger partial charge in [-0.1, -0.05) is 19.8 Å². The maximum atomic E-state index is 10.3. The molecule has 3 N–H and O–H groups in total. The third kappa shape index (κ3) is 1.17. The zero-order chi connectivity index (χ0) is 8.82. The number of rotatable bonds is 1. The van der Waals surface area contributed by atoms with Gasteiger partial charge >= 0.3 is 0 Å². The van der Waals surface area contributed by atoms with Crippen LogP contribution in [0.2, 0.25) is 0 Å². The normalized spacial score (nSPS) is 45.8. The summed E-state index contributed by atoms with van der Waals surface area (Å²) in [5.41, 5.74) is 5.34. The molecule has 0 aromatic heterocycles. The molecular weight excluding hydrogens is 150 g/mol. The highest BCUT2D eigenvalue weighted by Gasteiger charge is 2.56. The SMILES string of the molecule is CC1CCCC(O)(C2(N)CC2)C1. The lowest BCUT2D eigenvalue weighted by molar-refractivity contribution is -0.0435. The van der Waals surface area contributed by atoms with E-state index in [4.69, 9.17) is 5.73 Å². The van der Waals surface area contributed by atoms with Gasteiger partial charge in [-0.05, 0) is 31.6 Å². The highest BCUT2D eigenvalue weighted by Crippen LogP contribution is 2.50. The van der Waals surface area contributed by atoms with Crippen LogP contribution in [0.5, 0.6) is 0 Å². The zero-order valence-electron chi connectivity index (χ0n) is 7.84. The molecule has 70 valence electrons. The number of hydrogen-bond donors (Lipinski definition) is 2. The lowest BCUT2D eigenvalue weighted by atomic mass is 9.73. The van der Waals surface area contributed by atoms with Crippen LogP contribution in [0.3, 0.4) is 0 Å². The highest BCUT2D eigenvalue weighted by molar-refractivity contribution is 5.14. The molecule has 0 saturated heterocycles. The first-order valence-electron chi connectivity index (χ1n) is 5.07. The average molecular weight is 169 g/mol. The molecule has 2 atom stereocenters. The first kappa shape index (κ1) is 8.52. The van der Waals surface area contributed by atoms with E-state index < -0.39 is 5.60 Å². The maximum absolute atomic E-state index is 10.3. The van der Waals surface area contributed by atoms with E-state index in [1.54, 1.807) is 0 Å². The minimum atomic E-state index is -0.523. The topological polar surface area (TPSA) is 46.2 Å². The van der Waals surface area contributed by atoms with E-state index in [9.17, 15) is 5.11 Å². The Morgan fingerprint density at radius 2 is 2.00 bits per heavy atom. The van der Waals surface area contributed by atoms with Crippen LogP contribution < -0.4 is 5.73 Å². The summed E-state index contributed by atoms with van der Waals surface area (Å²) in [5, 5.41) is 10.3. The van der Waals surface area contributed by atoms with Crippen molar-refractivity contribution in [3.8, 4) is 0 Å². The van der Waals surface area contributed by atoms with Gasteiger partial charge in [-0.2, -0.15) is 0 Å². The van der Waals surface area contributed by atoms with E-state index in [0.29, 0.717) is 5.92 Å². The lowest BCUT2D eigenvalue weighted by Gasteiger charge is -2.40. The molecule has 2 nitrogen and oxygen atoms in total. The third-order valence-electron chi connectivity index (χ3n) is 3.69. The molecule has 0 aromatic rings. The predicted molar refractivity (Wildman–Crippen MR) is 48.7 cm³/mol. The summed E-state index contributed by atoms with van der Waals surface area (Å²) in [6.07, 6.45) is 6.30. The second-order valence-electron chi connectivity index (χ2n) is 4.89. The van der Waals surface area contributed by atoms with Crippen LogP contribution in [0.25, 0.3) is 0 Å². The van der Waals surface area contributed by atoms with Crippen LogP contribution in [0, 0.1) is 5.92 Å². The van der Waals surface area contributed by atoms with Gasteiger partial charge in [0.2, 0.25) is 0 Å². The summed E-state index contributed by atoms with van der Waals surface area (Å²) >= 11 is 0. The molecule has 2 rings (SSSR count). The fraction of sp³-hybridized carbons (Fsp3) is 1.00. The Morgan fingerprint density at radius 3 is 2.50 bits per heavy atom. The molecule has 2 fully saturated rings. The molecule has 0 heterocycles. The average Bonchev–Trinajstić information content (AvgIpc) is 2.69. The summed E-state index contributed by atoms with van der Waals surface area (Å²) in [6, 6.07) is 0. The van der Waals surface area contributed by atoms with Gasteiger partial charge in [0, 0.05) is 5.54 Å². The van der Waals surface area contributed by atoms with E-state index in [1.165, 1.54) is 6.42 Å². The van der Waals surface area contributed by atoms with Gasteiger partial charge < -0.3 is 10.8 Å². The monoisotopic (exact) mass is 169 g/mol. The first-order chi connectivity index (χ1) is 5.56. The molecule has 0 spiro atoms. The second-order valence-corrected chi connectivity index (χ2v) is 4.89. The van der Waals surface area contributed by atoms with Crippen molar-refractivity contribution in [1.29, 1.82) is 0 Å². The van der Waals surface area contributed by atoms with Crippen LogP contribution >= 0.6 is 0 Å². The van der Waals surface area contributed by atoms with Gasteiger partial charge in [-0.25, -0.2) is 0 Å². The maximum Gasteiger partial charge on any atom is 0.0828 e. The van der Waals surface area contributed by atoms with Gasteiger partial charge in [0.05, 0.1) is 5.60 Å². The van der Waals surface area contributed by atoms with Crippen LogP contribution in [0.15, 0.2) is 0 Å². The van der Waals surface area contributed by atoms with E-state index in [2.05, 4.69) is 6.92 Å². The summed E-state index contributed by atoms with van der Waals surface area (Å²) < 4.78 is 0. The van der Waals surface area contributed by atoms with Crippen LogP contribution in [-0.2, 0) is 0 Å². The van der Waals surface area contributed by atoms with Gasteiger partial charge in [0.1, 0.15) is 0 Å². The van der Waals surface area contributed by atoms with Crippen molar-refractivity contribution in [3.05, 3.63) is 0 Å². The molecule has 2 heteroatoms. The van der Waals surface area contributed by atoms with Crippen LogP contribution in [0.1, 0.15) is 45.4 Å². The second kappa shape index (κ2) is 2.46. The summed E-state index contributed by atoms with van der Waals surface area (Å²) in [5.74, 6) is 0.657. The van der Waals surface area contributed by atoms with E-state index in [0.717, 1.165) is 32.1 Å². The van der Waals surface area contributed by atoms with Crippen molar-refractivity contribution < 1.29 is 5.11 Å². The van der Waals surface area contributed by atoms with Gasteiger partial charge in [0.25, 0.3) is 0 Å². The Hall–Kier alpha value is -0.0800.